The molecule has 5 nitrogen and oxygen atoms in total. The summed E-state index contributed by atoms with van der Waals surface area (Å²) in [4.78, 5) is 12.4. The Kier molecular flexibility index (Phi) is 4.81. The Morgan fingerprint density at radius 1 is 1.07 bits per heavy atom. The van der Waals surface area contributed by atoms with Gasteiger partial charge < -0.3 is 20.1 Å². The number of rotatable bonds is 4. The molecular weight excluding hydrogens is 366 g/mol. The average Bonchev–Trinajstić information content (AvgIpc) is 3.20. The number of aryl methyl sites for hydroxylation is 2. The van der Waals surface area contributed by atoms with E-state index in [1.807, 2.05) is 32.4 Å². The smallest absolute Gasteiger partial charge is 0.174 e. The average molecular weight is 392 g/mol. The van der Waals surface area contributed by atoms with Gasteiger partial charge in [0.2, 0.25) is 0 Å². The molecule has 0 saturated carbocycles. The second kappa shape index (κ2) is 7.28. The molecule has 3 heterocycles. The molecule has 1 aliphatic rings. The highest BCUT2D eigenvalue weighted by Gasteiger charge is 2.41. The van der Waals surface area contributed by atoms with Crippen molar-refractivity contribution in [1.82, 2.24) is 15.3 Å². The summed E-state index contributed by atoms with van der Waals surface area (Å²) >= 11 is 5.78. The maximum atomic E-state index is 5.78. The maximum Gasteiger partial charge on any atom is 0.174 e. The van der Waals surface area contributed by atoms with Crippen molar-refractivity contribution >= 4 is 28.7 Å². The van der Waals surface area contributed by atoms with Gasteiger partial charge in [-0.05, 0) is 74.1 Å². The van der Waals surface area contributed by atoms with Gasteiger partial charge in [0.05, 0.1) is 17.8 Å². The first kappa shape index (κ1) is 18.5. The van der Waals surface area contributed by atoms with Gasteiger partial charge in [-0.25, -0.2) is 0 Å². The van der Waals surface area contributed by atoms with E-state index < -0.39 is 0 Å². The Balaban J connectivity index is 1.81. The molecule has 3 aromatic rings. The van der Waals surface area contributed by atoms with E-state index in [-0.39, 0.29) is 12.1 Å². The van der Waals surface area contributed by atoms with Crippen molar-refractivity contribution < 1.29 is 0 Å². The molecule has 1 saturated heterocycles. The zero-order valence-corrected chi connectivity index (χ0v) is 17.4. The monoisotopic (exact) mass is 391 g/mol. The minimum absolute atomic E-state index is 0.0175. The number of pyridine rings is 1. The summed E-state index contributed by atoms with van der Waals surface area (Å²) in [6.45, 7) is 4.20. The number of thiocarbonyl (C=S) groups is 1. The highest BCUT2D eigenvalue weighted by atomic mass is 32.1. The quantitative estimate of drug-likeness (QED) is 0.651. The number of hydrogen-bond acceptors (Lipinski definition) is 3. The Bertz CT molecular complexity index is 978. The van der Waals surface area contributed by atoms with Gasteiger partial charge in [-0.3, -0.25) is 4.98 Å². The summed E-state index contributed by atoms with van der Waals surface area (Å²) in [6, 6.07) is 16.7. The van der Waals surface area contributed by atoms with Gasteiger partial charge in [-0.1, -0.05) is 6.07 Å². The molecule has 144 valence electrons. The molecule has 28 heavy (non-hydrogen) atoms. The summed E-state index contributed by atoms with van der Waals surface area (Å²) in [5.41, 5.74) is 6.76. The number of H-pyrrole nitrogens is 1. The Labute approximate surface area is 171 Å². The number of aromatic nitrogens is 2. The minimum Gasteiger partial charge on any atom is -0.378 e. The summed E-state index contributed by atoms with van der Waals surface area (Å²) in [5.74, 6) is 0. The summed E-state index contributed by atoms with van der Waals surface area (Å²) in [7, 11) is 4.09. The number of anilines is 2. The van der Waals surface area contributed by atoms with Crippen molar-refractivity contribution in [1.29, 1.82) is 0 Å². The number of nitrogens with zero attached hydrogens (tertiary/aromatic N) is 3. The molecule has 4 rings (SSSR count). The van der Waals surface area contributed by atoms with Crippen LogP contribution in [0.5, 0.6) is 0 Å². The largest absolute Gasteiger partial charge is 0.378 e. The summed E-state index contributed by atoms with van der Waals surface area (Å²) < 4.78 is 0. The number of nitrogens with one attached hydrogen (secondary N) is 2. The van der Waals surface area contributed by atoms with Crippen LogP contribution in [0.1, 0.15) is 34.7 Å². The van der Waals surface area contributed by atoms with Crippen LogP contribution in [0, 0.1) is 13.8 Å². The van der Waals surface area contributed by atoms with E-state index in [4.69, 9.17) is 12.2 Å². The Morgan fingerprint density at radius 2 is 1.82 bits per heavy atom. The predicted octanol–water partition coefficient (Wildman–Crippen LogP) is 4.27. The molecule has 1 aromatic carbocycles. The zero-order chi connectivity index (χ0) is 19.8. The second-order valence-corrected chi connectivity index (χ2v) is 7.83. The van der Waals surface area contributed by atoms with Crippen molar-refractivity contribution in [3.63, 3.8) is 0 Å². The van der Waals surface area contributed by atoms with Crippen LogP contribution in [0.4, 0.5) is 11.4 Å². The first-order valence-corrected chi connectivity index (χ1v) is 9.80. The molecule has 0 radical (unpaired) electrons. The lowest BCUT2D eigenvalue weighted by Crippen LogP contribution is -2.29. The third-order valence-corrected chi connectivity index (χ3v) is 5.57. The van der Waals surface area contributed by atoms with Gasteiger partial charge >= 0.3 is 0 Å². The van der Waals surface area contributed by atoms with Crippen molar-refractivity contribution in [3.8, 4) is 0 Å². The Morgan fingerprint density at radius 3 is 2.39 bits per heavy atom. The third kappa shape index (κ3) is 3.24. The Hall–Kier alpha value is -2.86. The van der Waals surface area contributed by atoms with E-state index in [0.717, 1.165) is 33.6 Å². The molecule has 2 aromatic heterocycles. The molecule has 0 spiro atoms. The fourth-order valence-corrected chi connectivity index (χ4v) is 4.26. The van der Waals surface area contributed by atoms with Gasteiger partial charge in [0, 0.05) is 43.1 Å². The second-order valence-electron chi connectivity index (χ2n) is 7.44. The molecule has 1 aliphatic heterocycles. The van der Waals surface area contributed by atoms with E-state index >= 15 is 0 Å². The van der Waals surface area contributed by atoms with Crippen molar-refractivity contribution in [2.45, 2.75) is 25.9 Å². The van der Waals surface area contributed by atoms with Crippen LogP contribution in [0.2, 0.25) is 0 Å². The van der Waals surface area contributed by atoms with Crippen LogP contribution < -0.4 is 15.1 Å². The molecule has 1 fully saturated rings. The van der Waals surface area contributed by atoms with Crippen LogP contribution in [0.15, 0.2) is 54.7 Å². The molecule has 0 aliphatic carbocycles. The van der Waals surface area contributed by atoms with E-state index in [9.17, 15) is 0 Å². The molecule has 0 unspecified atom stereocenters. The van der Waals surface area contributed by atoms with Crippen LogP contribution in [-0.2, 0) is 0 Å². The van der Waals surface area contributed by atoms with E-state index in [1.165, 1.54) is 5.56 Å². The first-order valence-electron chi connectivity index (χ1n) is 9.40. The topological polar surface area (TPSA) is 47.2 Å². The lowest BCUT2D eigenvalue weighted by molar-refractivity contribution is 0.566. The fourth-order valence-electron chi connectivity index (χ4n) is 3.91. The van der Waals surface area contributed by atoms with Gasteiger partial charge in [0.1, 0.15) is 0 Å². The molecular formula is C22H25N5S. The minimum atomic E-state index is -0.0175. The molecule has 2 N–H and O–H groups in total. The number of hydrogen-bond donors (Lipinski definition) is 2. The van der Waals surface area contributed by atoms with Crippen LogP contribution in [0.3, 0.4) is 0 Å². The molecule has 6 heteroatoms. The molecule has 2 atom stereocenters. The molecule has 0 bridgehead atoms. The van der Waals surface area contributed by atoms with E-state index in [0.29, 0.717) is 0 Å². The van der Waals surface area contributed by atoms with E-state index in [1.54, 1.807) is 0 Å². The zero-order valence-electron chi connectivity index (χ0n) is 16.6. The van der Waals surface area contributed by atoms with Gasteiger partial charge in [-0.15, -0.1) is 0 Å². The first-order chi connectivity index (χ1) is 13.5. The third-order valence-electron chi connectivity index (χ3n) is 5.25. The van der Waals surface area contributed by atoms with Crippen LogP contribution in [0.25, 0.3) is 0 Å². The van der Waals surface area contributed by atoms with Crippen LogP contribution >= 0.6 is 12.2 Å². The molecule has 0 amide bonds. The van der Waals surface area contributed by atoms with E-state index in [2.05, 4.69) is 75.3 Å². The van der Waals surface area contributed by atoms with Crippen LogP contribution in [-0.4, -0.2) is 29.2 Å². The normalized spacial score (nSPS) is 19.0. The lowest BCUT2D eigenvalue weighted by atomic mass is 9.96. The van der Waals surface area contributed by atoms with Gasteiger partial charge in [0.25, 0.3) is 0 Å². The lowest BCUT2D eigenvalue weighted by Gasteiger charge is -2.28. The van der Waals surface area contributed by atoms with Gasteiger partial charge in [-0.2, -0.15) is 0 Å². The number of benzene rings is 1. The highest BCUT2D eigenvalue weighted by Crippen LogP contribution is 2.42. The number of aromatic amines is 1. The summed E-state index contributed by atoms with van der Waals surface area (Å²) in [6.07, 6.45) is 1.83. The SMILES string of the molecule is Cc1cc([C@@H]2[C@H](c3ccccn3)NC(=S)N2c2ccc(N(C)C)cc2)c(C)[nH]1. The van der Waals surface area contributed by atoms with Crippen molar-refractivity contribution in [2.75, 3.05) is 23.9 Å². The standard InChI is InChI=1S/C22H25N5S/c1-14-13-18(15(2)24-14)21-20(19-7-5-6-12-23-19)25-22(28)27(21)17-10-8-16(9-11-17)26(3)4/h5-13,20-21,24H,1-4H3,(H,25,28)/t20-,21+/m0/s1. The predicted molar refractivity (Wildman–Crippen MR) is 119 cm³/mol. The van der Waals surface area contributed by atoms with Crippen molar-refractivity contribution in [3.05, 3.63) is 77.4 Å². The fraction of sp³-hybridized carbons (Fsp3) is 0.273. The summed E-state index contributed by atoms with van der Waals surface area (Å²) in [5, 5.41) is 4.23. The van der Waals surface area contributed by atoms with Crippen molar-refractivity contribution in [2.24, 2.45) is 0 Å². The van der Waals surface area contributed by atoms with Gasteiger partial charge in [0.15, 0.2) is 5.11 Å². The highest BCUT2D eigenvalue weighted by molar-refractivity contribution is 7.80. The maximum absolute atomic E-state index is 5.78.